The van der Waals surface area contributed by atoms with Gasteiger partial charge in [-0.05, 0) is 26.2 Å². The normalized spacial score (nSPS) is 13.5. The number of nitrogens with one attached hydrogen (secondary N) is 1. The van der Waals surface area contributed by atoms with Gasteiger partial charge in [0, 0.05) is 0 Å². The van der Waals surface area contributed by atoms with Crippen molar-refractivity contribution in [1.29, 1.82) is 0 Å². The van der Waals surface area contributed by atoms with Gasteiger partial charge in [0.15, 0.2) is 0 Å². The summed E-state index contributed by atoms with van der Waals surface area (Å²) in [5, 5.41) is 2.71. The van der Waals surface area contributed by atoms with E-state index >= 15 is 0 Å². The summed E-state index contributed by atoms with van der Waals surface area (Å²) in [5.41, 5.74) is -0.752. The van der Waals surface area contributed by atoms with Crippen molar-refractivity contribution in [2.45, 2.75) is 53.2 Å². The number of aliphatic imine (C=N–C) groups is 1. The first-order chi connectivity index (χ1) is 7.56. The highest BCUT2D eigenvalue weighted by molar-refractivity contribution is 5.68. The van der Waals surface area contributed by atoms with Crippen LogP contribution in [-0.4, -0.2) is 30.4 Å². The summed E-state index contributed by atoms with van der Waals surface area (Å²) < 4.78 is 5.15. The maximum atomic E-state index is 11.6. The molecule has 0 spiro atoms. The van der Waals surface area contributed by atoms with Gasteiger partial charge in [-0.15, -0.1) is 0 Å². The first-order valence-electron chi connectivity index (χ1n) is 5.59. The number of hydrogen-bond donors (Lipinski definition) is 1. The highest BCUT2D eigenvalue weighted by atomic mass is 16.6. The molecule has 0 aliphatic heterocycles. The van der Waals surface area contributed by atoms with Crippen molar-refractivity contribution in [2.24, 2.45) is 10.4 Å². The Balaban J connectivity index is 4.54. The molecule has 0 aromatic heterocycles. The van der Waals surface area contributed by atoms with E-state index in [1.165, 1.54) is 6.08 Å². The van der Waals surface area contributed by atoms with Gasteiger partial charge in [-0.1, -0.05) is 20.8 Å². The van der Waals surface area contributed by atoms with Crippen molar-refractivity contribution < 1.29 is 14.3 Å². The summed E-state index contributed by atoms with van der Waals surface area (Å²) in [6.07, 6.45) is 0.973. The molecule has 5 heteroatoms. The van der Waals surface area contributed by atoms with Crippen LogP contribution >= 0.6 is 0 Å². The second kappa shape index (κ2) is 5.82. The van der Waals surface area contributed by atoms with Crippen LogP contribution in [0.1, 0.15) is 41.5 Å². The Morgan fingerprint density at radius 1 is 1.29 bits per heavy atom. The molecule has 1 N–H and O–H groups in total. The first-order valence-corrected chi connectivity index (χ1v) is 5.59. The molecule has 0 unspecified atom stereocenters. The standard InChI is InChI=1S/C12H22N2O3/c1-11(2,3)9(7-13-8-15)14-10(16)17-12(4,5)6/h9H,7H2,1-6H3,(H,14,16)/t9-/m1/s1. The Bertz CT molecular complexity index is 307. The van der Waals surface area contributed by atoms with E-state index in [2.05, 4.69) is 10.3 Å². The first kappa shape index (κ1) is 15.7. The third-order valence-corrected chi connectivity index (χ3v) is 2.07. The zero-order valence-electron chi connectivity index (χ0n) is 11.5. The molecule has 0 aromatic rings. The molecule has 0 rings (SSSR count). The number of carbonyl (C=O) groups is 1. The molecule has 1 amide bonds. The molecule has 0 aliphatic rings. The fourth-order valence-electron chi connectivity index (χ4n) is 1.11. The lowest BCUT2D eigenvalue weighted by Crippen LogP contribution is -2.47. The number of alkyl carbamates (subject to hydrolysis) is 1. The van der Waals surface area contributed by atoms with Crippen molar-refractivity contribution >= 4 is 12.2 Å². The van der Waals surface area contributed by atoms with E-state index in [-0.39, 0.29) is 18.0 Å². The topological polar surface area (TPSA) is 67.8 Å². The Kier molecular flexibility index (Phi) is 5.36. The lowest BCUT2D eigenvalue weighted by molar-refractivity contribution is 0.0468. The number of carbonyl (C=O) groups excluding carboxylic acids is 2. The minimum atomic E-state index is -0.541. The summed E-state index contributed by atoms with van der Waals surface area (Å²) >= 11 is 0. The largest absolute Gasteiger partial charge is 0.444 e. The van der Waals surface area contributed by atoms with Gasteiger partial charge in [-0.25, -0.2) is 14.6 Å². The fraction of sp³-hybridized carbons (Fsp3) is 0.833. The average molecular weight is 242 g/mol. The predicted octanol–water partition coefficient (Wildman–Crippen LogP) is 2.26. The van der Waals surface area contributed by atoms with Crippen molar-refractivity contribution in [3.05, 3.63) is 0 Å². The lowest BCUT2D eigenvalue weighted by Gasteiger charge is -2.31. The summed E-state index contributed by atoms with van der Waals surface area (Å²) in [7, 11) is 0. The fourth-order valence-corrected chi connectivity index (χ4v) is 1.11. The van der Waals surface area contributed by atoms with Crippen LogP contribution in [0.4, 0.5) is 4.79 Å². The van der Waals surface area contributed by atoms with Crippen LogP contribution in [0.5, 0.6) is 0 Å². The summed E-state index contributed by atoms with van der Waals surface area (Å²) in [5.74, 6) is 0. The van der Waals surface area contributed by atoms with Gasteiger partial charge in [0.1, 0.15) is 5.60 Å². The second-order valence-electron chi connectivity index (χ2n) is 6.00. The van der Waals surface area contributed by atoms with E-state index in [4.69, 9.17) is 4.74 Å². The molecule has 5 nitrogen and oxygen atoms in total. The molecular formula is C12H22N2O3. The van der Waals surface area contributed by atoms with Crippen molar-refractivity contribution in [1.82, 2.24) is 5.32 Å². The van der Waals surface area contributed by atoms with Crippen molar-refractivity contribution in [3.8, 4) is 0 Å². The highest BCUT2D eigenvalue weighted by Gasteiger charge is 2.28. The van der Waals surface area contributed by atoms with Gasteiger partial charge in [0.2, 0.25) is 6.08 Å². The zero-order valence-corrected chi connectivity index (χ0v) is 11.5. The van der Waals surface area contributed by atoms with Crippen LogP contribution in [0, 0.1) is 5.41 Å². The maximum Gasteiger partial charge on any atom is 0.407 e. The molecule has 0 saturated carbocycles. The second-order valence-corrected chi connectivity index (χ2v) is 6.00. The van der Waals surface area contributed by atoms with Crippen LogP contribution in [0.15, 0.2) is 4.99 Å². The number of hydrogen-bond acceptors (Lipinski definition) is 4. The SMILES string of the molecule is CC(C)(C)OC(=O)N[C@H](CN=C=O)C(C)(C)C. The highest BCUT2D eigenvalue weighted by Crippen LogP contribution is 2.20. The summed E-state index contributed by atoms with van der Waals surface area (Å²) in [6, 6.07) is -0.265. The monoisotopic (exact) mass is 242 g/mol. The number of nitrogens with zero attached hydrogens (tertiary/aromatic N) is 1. The third-order valence-electron chi connectivity index (χ3n) is 2.07. The Labute approximate surface area is 103 Å². The predicted molar refractivity (Wildman–Crippen MR) is 65.6 cm³/mol. The molecule has 1 atom stereocenters. The van der Waals surface area contributed by atoms with Gasteiger partial charge < -0.3 is 10.1 Å². The minimum Gasteiger partial charge on any atom is -0.444 e. The van der Waals surface area contributed by atoms with E-state index in [0.29, 0.717) is 0 Å². The van der Waals surface area contributed by atoms with E-state index in [1.54, 1.807) is 20.8 Å². The van der Waals surface area contributed by atoms with Crippen LogP contribution < -0.4 is 5.32 Å². The molecule has 0 aromatic carbocycles. The maximum absolute atomic E-state index is 11.6. The smallest absolute Gasteiger partial charge is 0.407 e. The summed E-state index contributed by atoms with van der Waals surface area (Å²) in [6.45, 7) is 11.4. The number of amides is 1. The van der Waals surface area contributed by atoms with Gasteiger partial charge >= 0.3 is 6.09 Å². The Hall–Kier alpha value is -1.35. The van der Waals surface area contributed by atoms with Gasteiger partial charge in [0.05, 0.1) is 12.6 Å². The molecule has 0 fully saturated rings. The molecule has 98 valence electrons. The number of isocyanates is 1. The molecular weight excluding hydrogens is 220 g/mol. The van der Waals surface area contributed by atoms with E-state index < -0.39 is 11.7 Å². The van der Waals surface area contributed by atoms with E-state index in [9.17, 15) is 9.59 Å². The van der Waals surface area contributed by atoms with Crippen LogP contribution in [-0.2, 0) is 9.53 Å². The van der Waals surface area contributed by atoms with Crippen LogP contribution in [0.25, 0.3) is 0 Å². The molecule has 0 radical (unpaired) electrons. The molecule has 17 heavy (non-hydrogen) atoms. The van der Waals surface area contributed by atoms with Gasteiger partial charge in [0.25, 0.3) is 0 Å². The minimum absolute atomic E-state index is 0.201. The lowest BCUT2D eigenvalue weighted by atomic mass is 9.87. The number of ether oxygens (including phenoxy) is 1. The van der Waals surface area contributed by atoms with E-state index in [1.807, 2.05) is 20.8 Å². The molecule has 0 aliphatic carbocycles. The molecule has 0 bridgehead atoms. The zero-order chi connectivity index (χ0) is 13.7. The van der Waals surface area contributed by atoms with Crippen molar-refractivity contribution in [2.75, 3.05) is 6.54 Å². The van der Waals surface area contributed by atoms with Gasteiger partial charge in [-0.3, -0.25) is 0 Å². The summed E-state index contributed by atoms with van der Waals surface area (Å²) in [4.78, 5) is 25.2. The number of rotatable bonds is 3. The van der Waals surface area contributed by atoms with Crippen molar-refractivity contribution in [3.63, 3.8) is 0 Å². The molecule has 0 saturated heterocycles. The Morgan fingerprint density at radius 2 is 1.82 bits per heavy atom. The quantitative estimate of drug-likeness (QED) is 0.609. The molecule has 0 heterocycles. The Morgan fingerprint density at radius 3 is 2.18 bits per heavy atom. The van der Waals surface area contributed by atoms with E-state index in [0.717, 1.165) is 0 Å². The average Bonchev–Trinajstić information content (AvgIpc) is 2.07. The van der Waals surface area contributed by atoms with Crippen LogP contribution in [0.3, 0.4) is 0 Å². The third kappa shape index (κ3) is 7.53. The van der Waals surface area contributed by atoms with Gasteiger partial charge in [-0.2, -0.15) is 0 Å². The van der Waals surface area contributed by atoms with Crippen LogP contribution in [0.2, 0.25) is 0 Å².